The summed E-state index contributed by atoms with van der Waals surface area (Å²) in [6.07, 6.45) is -5.68. The molecule has 0 aliphatic carbocycles. The Kier molecular flexibility index (Phi) is 4.76. The van der Waals surface area contributed by atoms with E-state index in [0.29, 0.717) is 10.5 Å². The highest BCUT2D eigenvalue weighted by atomic mass is 79.9. The molecule has 0 spiro atoms. The van der Waals surface area contributed by atoms with Gasteiger partial charge in [-0.2, -0.15) is 22.0 Å². The fraction of sp³-hybridized carbons (Fsp3) is 0.143. The zero-order chi connectivity index (χ0) is 16.7. The number of rotatable bonds is 2. The molecule has 8 heteroatoms. The first-order valence-corrected chi connectivity index (χ1v) is 7.29. The molecule has 22 heavy (non-hydrogen) atoms. The van der Waals surface area contributed by atoms with Crippen LogP contribution < -0.4 is 0 Å². The average Bonchev–Trinajstić information content (AvgIpc) is 2.41. The smallest absolute Gasteiger partial charge is 0.191 e. The van der Waals surface area contributed by atoms with Gasteiger partial charge < -0.3 is 0 Å². The number of alkyl halides is 5. The van der Waals surface area contributed by atoms with E-state index in [2.05, 4.69) is 15.9 Å². The Morgan fingerprint density at radius 2 is 1.45 bits per heavy atom. The monoisotopic (exact) mass is 418 g/mol. The maximum Gasteiger partial charge on any atom is 0.458 e. The molecule has 2 rings (SSSR count). The Labute approximate surface area is 141 Å². The second-order valence-electron chi connectivity index (χ2n) is 4.39. The van der Waals surface area contributed by atoms with E-state index in [1.54, 1.807) is 0 Å². The zero-order valence-electron chi connectivity index (χ0n) is 10.5. The van der Waals surface area contributed by atoms with Crippen molar-refractivity contribution in [2.75, 3.05) is 0 Å². The Bertz CT molecular complexity index is 713. The lowest BCUT2D eigenvalue weighted by Crippen LogP contribution is -2.33. The Balaban J connectivity index is 2.64. The predicted octanol–water partition coefficient (Wildman–Crippen LogP) is 7.08. The van der Waals surface area contributed by atoms with Crippen molar-refractivity contribution in [2.45, 2.75) is 12.1 Å². The van der Waals surface area contributed by atoms with Crippen LogP contribution in [0.4, 0.5) is 22.0 Å². The van der Waals surface area contributed by atoms with E-state index in [1.807, 2.05) is 0 Å². The molecule has 0 aliphatic heterocycles. The summed E-state index contributed by atoms with van der Waals surface area (Å²) in [4.78, 5) is 0. The van der Waals surface area contributed by atoms with E-state index in [-0.39, 0.29) is 21.2 Å². The fourth-order valence-corrected chi connectivity index (χ4v) is 2.65. The van der Waals surface area contributed by atoms with Crippen LogP contribution >= 0.6 is 39.1 Å². The van der Waals surface area contributed by atoms with E-state index in [4.69, 9.17) is 23.2 Å². The molecule has 0 unspecified atom stereocenters. The van der Waals surface area contributed by atoms with Crippen LogP contribution in [0, 0.1) is 0 Å². The predicted molar refractivity (Wildman–Crippen MR) is 79.5 cm³/mol. The molecule has 0 bridgehead atoms. The van der Waals surface area contributed by atoms with Crippen LogP contribution in [0.15, 0.2) is 40.9 Å². The Morgan fingerprint density at radius 1 is 0.818 bits per heavy atom. The lowest BCUT2D eigenvalue weighted by Gasteiger charge is -2.21. The minimum absolute atomic E-state index is 0.0916. The highest BCUT2D eigenvalue weighted by molar-refractivity contribution is 9.10. The third-order valence-corrected chi connectivity index (χ3v) is 4.16. The summed E-state index contributed by atoms with van der Waals surface area (Å²) in [5.74, 6) is -4.96. The van der Waals surface area contributed by atoms with Crippen molar-refractivity contribution in [3.63, 3.8) is 0 Å². The quantitative estimate of drug-likeness (QED) is 0.456. The van der Waals surface area contributed by atoms with Crippen molar-refractivity contribution in [3.8, 4) is 11.1 Å². The van der Waals surface area contributed by atoms with Gasteiger partial charge in [-0.25, -0.2) is 0 Å². The van der Waals surface area contributed by atoms with Crippen LogP contribution in [0.1, 0.15) is 5.56 Å². The van der Waals surface area contributed by atoms with Crippen molar-refractivity contribution in [3.05, 3.63) is 56.5 Å². The van der Waals surface area contributed by atoms with Crippen molar-refractivity contribution in [2.24, 2.45) is 0 Å². The molecule has 0 aromatic heterocycles. The second kappa shape index (κ2) is 5.98. The molecule has 118 valence electrons. The molecule has 0 saturated carbocycles. The SMILES string of the molecule is FC(F)(F)C(F)(F)c1ccc(Br)c(-c2cc(Cl)ccc2Cl)c1. The van der Waals surface area contributed by atoms with Gasteiger partial charge in [0.2, 0.25) is 0 Å². The van der Waals surface area contributed by atoms with Gasteiger partial charge in [0.05, 0.1) is 0 Å². The van der Waals surface area contributed by atoms with Gasteiger partial charge in [0.1, 0.15) is 0 Å². The molecular formula is C14H6BrCl2F5. The highest BCUT2D eigenvalue weighted by Crippen LogP contribution is 2.46. The molecule has 2 aromatic rings. The lowest BCUT2D eigenvalue weighted by molar-refractivity contribution is -0.289. The zero-order valence-corrected chi connectivity index (χ0v) is 13.6. The molecule has 0 heterocycles. The summed E-state index contributed by atoms with van der Waals surface area (Å²) < 4.78 is 64.7. The first kappa shape index (κ1) is 17.5. The van der Waals surface area contributed by atoms with Crippen molar-refractivity contribution in [1.82, 2.24) is 0 Å². The average molecular weight is 420 g/mol. The molecule has 0 amide bonds. The van der Waals surface area contributed by atoms with Gasteiger partial charge in [-0.05, 0) is 35.9 Å². The van der Waals surface area contributed by atoms with E-state index in [9.17, 15) is 22.0 Å². The van der Waals surface area contributed by atoms with Crippen LogP contribution in [-0.2, 0) is 5.92 Å². The Hall–Kier alpha value is -0.850. The van der Waals surface area contributed by atoms with E-state index >= 15 is 0 Å². The molecule has 0 saturated heterocycles. The highest BCUT2D eigenvalue weighted by Gasteiger charge is 2.58. The van der Waals surface area contributed by atoms with Crippen molar-refractivity contribution >= 4 is 39.1 Å². The van der Waals surface area contributed by atoms with Gasteiger partial charge in [0.25, 0.3) is 0 Å². The van der Waals surface area contributed by atoms with E-state index in [1.165, 1.54) is 18.2 Å². The first-order valence-electron chi connectivity index (χ1n) is 5.74. The van der Waals surface area contributed by atoms with Crippen LogP contribution in [0.3, 0.4) is 0 Å². The third kappa shape index (κ3) is 3.24. The van der Waals surface area contributed by atoms with E-state index in [0.717, 1.165) is 12.1 Å². The lowest BCUT2D eigenvalue weighted by atomic mass is 10.00. The number of halogens is 8. The molecule has 0 aliphatic rings. The first-order chi connectivity index (χ1) is 10.0. The van der Waals surface area contributed by atoms with Gasteiger partial charge in [0.15, 0.2) is 0 Å². The summed E-state index contributed by atoms with van der Waals surface area (Å²) >= 11 is 14.9. The van der Waals surface area contributed by atoms with Crippen LogP contribution in [0.2, 0.25) is 10.0 Å². The maximum absolute atomic E-state index is 13.5. The third-order valence-electron chi connectivity index (χ3n) is 2.90. The summed E-state index contributed by atoms with van der Waals surface area (Å²) in [5, 5.41) is 0.455. The van der Waals surface area contributed by atoms with Crippen LogP contribution in [-0.4, -0.2) is 6.18 Å². The number of benzene rings is 2. The van der Waals surface area contributed by atoms with Gasteiger partial charge in [-0.3, -0.25) is 0 Å². The van der Waals surface area contributed by atoms with Gasteiger partial charge >= 0.3 is 12.1 Å². The summed E-state index contributed by atoms with van der Waals surface area (Å²) in [5.41, 5.74) is -0.830. The molecule has 0 N–H and O–H groups in total. The Morgan fingerprint density at radius 3 is 2.05 bits per heavy atom. The second-order valence-corrected chi connectivity index (χ2v) is 6.09. The minimum atomic E-state index is -5.68. The van der Waals surface area contributed by atoms with Gasteiger partial charge in [-0.15, -0.1) is 0 Å². The van der Waals surface area contributed by atoms with Crippen molar-refractivity contribution < 1.29 is 22.0 Å². The molecule has 0 radical (unpaired) electrons. The molecule has 0 atom stereocenters. The van der Waals surface area contributed by atoms with Crippen molar-refractivity contribution in [1.29, 1.82) is 0 Å². The standard InChI is InChI=1S/C14H6BrCl2F5/c15-11-3-1-7(13(18,19)14(20,21)22)5-9(11)10-6-8(16)2-4-12(10)17/h1-6H. The molecule has 2 aromatic carbocycles. The van der Waals surface area contributed by atoms with E-state index < -0.39 is 17.7 Å². The van der Waals surface area contributed by atoms with Crippen LogP contribution in [0.5, 0.6) is 0 Å². The number of hydrogen-bond acceptors (Lipinski definition) is 0. The maximum atomic E-state index is 13.5. The topological polar surface area (TPSA) is 0 Å². The summed E-state index contributed by atoms with van der Waals surface area (Å²) in [6.45, 7) is 0. The normalized spacial score (nSPS) is 12.5. The largest absolute Gasteiger partial charge is 0.458 e. The number of hydrogen-bond donors (Lipinski definition) is 0. The molecule has 0 nitrogen and oxygen atoms in total. The minimum Gasteiger partial charge on any atom is -0.191 e. The molecular weight excluding hydrogens is 414 g/mol. The van der Waals surface area contributed by atoms with Gasteiger partial charge in [0, 0.05) is 25.6 Å². The van der Waals surface area contributed by atoms with Gasteiger partial charge in [-0.1, -0.05) is 45.2 Å². The summed E-state index contributed by atoms with van der Waals surface area (Å²) in [7, 11) is 0. The van der Waals surface area contributed by atoms with Crippen LogP contribution in [0.25, 0.3) is 11.1 Å². The summed E-state index contributed by atoms with van der Waals surface area (Å²) in [6, 6.07) is 6.87. The fourth-order valence-electron chi connectivity index (χ4n) is 1.79. The molecule has 0 fully saturated rings.